The van der Waals surface area contributed by atoms with Gasteiger partial charge >= 0.3 is 5.97 Å². The van der Waals surface area contributed by atoms with Gasteiger partial charge in [0.25, 0.3) is 0 Å². The van der Waals surface area contributed by atoms with Crippen molar-refractivity contribution < 1.29 is 9.53 Å². The maximum atomic E-state index is 11.3. The monoisotopic (exact) mass is 214 g/mol. The maximum absolute atomic E-state index is 11.3. The third-order valence-electron chi connectivity index (χ3n) is 2.74. The summed E-state index contributed by atoms with van der Waals surface area (Å²) in [6.45, 7) is 8.54. The highest BCUT2D eigenvalue weighted by molar-refractivity contribution is 5.70. The molecule has 0 aromatic heterocycles. The highest BCUT2D eigenvalue weighted by Gasteiger charge is 2.29. The van der Waals surface area contributed by atoms with Crippen molar-refractivity contribution in [2.75, 3.05) is 19.7 Å². The van der Waals surface area contributed by atoms with Gasteiger partial charge in [-0.15, -0.1) is 0 Å². The van der Waals surface area contributed by atoms with Crippen molar-refractivity contribution in [1.82, 2.24) is 10.6 Å². The molecule has 1 aliphatic heterocycles. The first-order valence-corrected chi connectivity index (χ1v) is 5.70. The number of nitrogens with one attached hydrogen (secondary N) is 2. The van der Waals surface area contributed by atoms with E-state index < -0.39 is 0 Å². The van der Waals surface area contributed by atoms with Gasteiger partial charge in [-0.05, 0) is 33.7 Å². The van der Waals surface area contributed by atoms with Gasteiger partial charge < -0.3 is 15.4 Å². The molecule has 1 fully saturated rings. The van der Waals surface area contributed by atoms with Gasteiger partial charge in [-0.2, -0.15) is 0 Å². The first kappa shape index (κ1) is 12.5. The fourth-order valence-electron chi connectivity index (χ4n) is 2.06. The third kappa shape index (κ3) is 4.18. The van der Waals surface area contributed by atoms with Crippen molar-refractivity contribution in [2.45, 2.75) is 45.2 Å². The van der Waals surface area contributed by atoms with Gasteiger partial charge in [-0.1, -0.05) is 0 Å². The summed E-state index contributed by atoms with van der Waals surface area (Å²) in [6, 6.07) is 0.175. The molecule has 2 atom stereocenters. The Hall–Kier alpha value is -0.610. The lowest BCUT2D eigenvalue weighted by atomic mass is 10.00. The molecule has 0 saturated carbocycles. The predicted octanol–water partition coefficient (Wildman–Crippen LogP) is 0.670. The van der Waals surface area contributed by atoms with Gasteiger partial charge in [-0.25, -0.2) is 0 Å². The molecule has 0 radical (unpaired) electrons. The largest absolute Gasteiger partial charge is 0.466 e. The summed E-state index contributed by atoms with van der Waals surface area (Å²) in [5, 5.41) is 6.80. The number of ether oxygens (including phenoxy) is 1. The fraction of sp³-hybridized carbons (Fsp3) is 0.909. The average molecular weight is 214 g/mol. The number of hydrogen-bond donors (Lipinski definition) is 2. The van der Waals surface area contributed by atoms with Crippen LogP contribution in [-0.4, -0.2) is 37.2 Å². The van der Waals surface area contributed by atoms with Crippen LogP contribution in [0.5, 0.6) is 0 Å². The Bertz CT molecular complexity index is 213. The molecule has 0 bridgehead atoms. The summed E-state index contributed by atoms with van der Waals surface area (Å²) in [4.78, 5) is 11.3. The molecule has 4 heteroatoms. The van der Waals surface area contributed by atoms with E-state index in [1.807, 2.05) is 13.8 Å². The van der Waals surface area contributed by atoms with Crippen molar-refractivity contribution in [3.63, 3.8) is 0 Å². The number of esters is 1. The second-order valence-electron chi connectivity index (χ2n) is 4.54. The van der Waals surface area contributed by atoms with Crippen molar-refractivity contribution in [2.24, 2.45) is 0 Å². The van der Waals surface area contributed by atoms with Gasteiger partial charge in [0.15, 0.2) is 0 Å². The molecule has 2 unspecified atom stereocenters. The molecule has 1 aliphatic rings. The number of rotatable bonds is 5. The Morgan fingerprint density at radius 3 is 2.93 bits per heavy atom. The van der Waals surface area contributed by atoms with Crippen LogP contribution in [0.3, 0.4) is 0 Å². The molecule has 0 aliphatic carbocycles. The van der Waals surface area contributed by atoms with E-state index in [4.69, 9.17) is 4.74 Å². The van der Waals surface area contributed by atoms with E-state index in [1.165, 1.54) is 0 Å². The quantitative estimate of drug-likeness (QED) is 0.660. The zero-order valence-corrected chi connectivity index (χ0v) is 9.93. The average Bonchev–Trinajstić information content (AvgIpc) is 2.51. The summed E-state index contributed by atoms with van der Waals surface area (Å²) in [7, 11) is 0. The van der Waals surface area contributed by atoms with Gasteiger partial charge in [0.1, 0.15) is 0 Å². The minimum absolute atomic E-state index is 0.118. The highest BCUT2D eigenvalue weighted by atomic mass is 16.5. The lowest BCUT2D eigenvalue weighted by Crippen LogP contribution is -2.49. The van der Waals surface area contributed by atoms with Crippen LogP contribution in [-0.2, 0) is 9.53 Å². The highest BCUT2D eigenvalue weighted by Crippen LogP contribution is 2.14. The van der Waals surface area contributed by atoms with Crippen molar-refractivity contribution >= 4 is 5.97 Å². The summed E-state index contributed by atoms with van der Waals surface area (Å²) >= 11 is 0. The first-order valence-electron chi connectivity index (χ1n) is 5.70. The van der Waals surface area contributed by atoms with E-state index in [2.05, 4.69) is 17.6 Å². The van der Waals surface area contributed by atoms with E-state index in [0.717, 1.165) is 19.5 Å². The zero-order valence-electron chi connectivity index (χ0n) is 9.93. The molecule has 0 amide bonds. The van der Waals surface area contributed by atoms with Gasteiger partial charge in [0, 0.05) is 18.1 Å². The van der Waals surface area contributed by atoms with E-state index in [9.17, 15) is 4.79 Å². The molecule has 0 aromatic rings. The third-order valence-corrected chi connectivity index (χ3v) is 2.74. The zero-order chi connectivity index (χ0) is 11.3. The molecule has 0 aromatic carbocycles. The van der Waals surface area contributed by atoms with Crippen LogP contribution >= 0.6 is 0 Å². The van der Waals surface area contributed by atoms with E-state index in [1.54, 1.807) is 0 Å². The smallest absolute Gasteiger partial charge is 0.307 e. The van der Waals surface area contributed by atoms with E-state index in [0.29, 0.717) is 13.0 Å². The number of carbonyl (C=O) groups is 1. The van der Waals surface area contributed by atoms with E-state index >= 15 is 0 Å². The Kier molecular flexibility index (Phi) is 4.54. The van der Waals surface area contributed by atoms with Crippen LogP contribution in [0, 0.1) is 0 Å². The molecule has 4 nitrogen and oxygen atoms in total. The Morgan fingerprint density at radius 2 is 2.40 bits per heavy atom. The summed E-state index contributed by atoms with van der Waals surface area (Å²) in [5.41, 5.74) is 0.131. The second-order valence-corrected chi connectivity index (χ2v) is 4.54. The van der Waals surface area contributed by atoms with Gasteiger partial charge in [-0.3, -0.25) is 4.79 Å². The molecular weight excluding hydrogens is 192 g/mol. The van der Waals surface area contributed by atoms with E-state index in [-0.39, 0.29) is 17.6 Å². The summed E-state index contributed by atoms with van der Waals surface area (Å²) < 4.78 is 4.92. The van der Waals surface area contributed by atoms with Gasteiger partial charge in [0.2, 0.25) is 0 Å². The van der Waals surface area contributed by atoms with Crippen LogP contribution in [0.4, 0.5) is 0 Å². The van der Waals surface area contributed by atoms with Crippen LogP contribution in [0.25, 0.3) is 0 Å². The van der Waals surface area contributed by atoms with Crippen LogP contribution in [0.15, 0.2) is 0 Å². The SMILES string of the molecule is CCOC(=O)CC(C)NC1(C)CCNC1. The fourth-order valence-corrected chi connectivity index (χ4v) is 2.06. The van der Waals surface area contributed by atoms with Crippen molar-refractivity contribution in [3.05, 3.63) is 0 Å². The lowest BCUT2D eigenvalue weighted by Gasteiger charge is -2.28. The number of hydrogen-bond acceptors (Lipinski definition) is 4. The lowest BCUT2D eigenvalue weighted by molar-refractivity contribution is -0.143. The Morgan fingerprint density at radius 1 is 1.67 bits per heavy atom. The van der Waals surface area contributed by atoms with Crippen LogP contribution in [0.1, 0.15) is 33.6 Å². The summed E-state index contributed by atoms with van der Waals surface area (Å²) in [6.07, 6.45) is 1.56. The summed E-state index contributed by atoms with van der Waals surface area (Å²) in [5.74, 6) is -0.118. The molecule has 1 heterocycles. The predicted molar refractivity (Wildman–Crippen MR) is 59.7 cm³/mol. The maximum Gasteiger partial charge on any atom is 0.307 e. The molecule has 15 heavy (non-hydrogen) atoms. The van der Waals surface area contributed by atoms with Crippen molar-refractivity contribution in [1.29, 1.82) is 0 Å². The minimum atomic E-state index is -0.118. The molecule has 2 N–H and O–H groups in total. The van der Waals surface area contributed by atoms with Crippen LogP contribution < -0.4 is 10.6 Å². The molecule has 0 spiro atoms. The molecule has 1 rings (SSSR count). The topological polar surface area (TPSA) is 50.4 Å². The van der Waals surface area contributed by atoms with Crippen molar-refractivity contribution in [3.8, 4) is 0 Å². The standard InChI is InChI=1S/C11H22N2O2/c1-4-15-10(14)7-9(2)13-11(3)5-6-12-8-11/h9,12-13H,4-8H2,1-3H3. The normalized spacial score (nSPS) is 27.7. The first-order chi connectivity index (χ1) is 7.06. The molecule has 88 valence electrons. The second kappa shape index (κ2) is 5.47. The molecular formula is C11H22N2O2. The van der Waals surface area contributed by atoms with Gasteiger partial charge in [0.05, 0.1) is 13.0 Å². The van der Waals surface area contributed by atoms with Crippen LogP contribution in [0.2, 0.25) is 0 Å². The molecule has 1 saturated heterocycles. The minimum Gasteiger partial charge on any atom is -0.466 e. The Balaban J connectivity index is 2.28. The number of carbonyl (C=O) groups excluding carboxylic acids is 1. The Labute approximate surface area is 91.8 Å².